The average molecular weight is 274 g/mol. The van der Waals surface area contributed by atoms with E-state index in [9.17, 15) is 0 Å². The molecule has 19 heavy (non-hydrogen) atoms. The summed E-state index contributed by atoms with van der Waals surface area (Å²) in [5.41, 5.74) is 5.83. The Morgan fingerprint density at radius 1 is 0.789 bits per heavy atom. The fourth-order valence-electron chi connectivity index (χ4n) is 3.00. The molecule has 3 rings (SSSR count). The van der Waals surface area contributed by atoms with Gasteiger partial charge in [0, 0.05) is 0 Å². The first-order chi connectivity index (χ1) is 8.56. The van der Waals surface area contributed by atoms with Crippen molar-refractivity contribution in [3.8, 4) is 11.1 Å². The highest BCUT2D eigenvalue weighted by Crippen LogP contribution is 2.44. The van der Waals surface area contributed by atoms with Gasteiger partial charge in [0.05, 0.1) is 33.6 Å². The van der Waals surface area contributed by atoms with Crippen LogP contribution in [0.3, 0.4) is 0 Å². The first-order valence-corrected chi connectivity index (χ1v) is 6.55. The summed E-state index contributed by atoms with van der Waals surface area (Å²) in [6.07, 6.45) is 0. The van der Waals surface area contributed by atoms with E-state index in [4.69, 9.17) is 0 Å². The topological polar surface area (TPSA) is 0 Å². The predicted molar refractivity (Wildman–Crippen MR) is 76.6 cm³/mol. The van der Waals surface area contributed by atoms with Crippen molar-refractivity contribution in [3.05, 3.63) is 59.7 Å². The SMILES string of the molecule is C[N+](C)(C)CC1c2ccccc2-c2ccccc21.[Cl-]. The van der Waals surface area contributed by atoms with Gasteiger partial charge in [0.2, 0.25) is 0 Å². The van der Waals surface area contributed by atoms with Crippen LogP contribution in [0, 0.1) is 0 Å². The number of rotatable bonds is 2. The maximum atomic E-state index is 2.29. The molecule has 1 nitrogen and oxygen atoms in total. The minimum Gasteiger partial charge on any atom is -1.00 e. The molecule has 0 spiro atoms. The minimum atomic E-state index is 0. The molecule has 0 saturated heterocycles. The molecule has 0 aliphatic heterocycles. The number of benzene rings is 2. The molecule has 0 aromatic heterocycles. The Bertz CT molecular complexity index is 538. The number of hydrogen-bond donors (Lipinski definition) is 0. The summed E-state index contributed by atoms with van der Waals surface area (Å²) in [6, 6.07) is 17.7. The van der Waals surface area contributed by atoms with Crippen molar-refractivity contribution in [2.24, 2.45) is 0 Å². The summed E-state index contributed by atoms with van der Waals surface area (Å²) in [5.74, 6) is 0.539. The van der Waals surface area contributed by atoms with E-state index in [0.717, 1.165) is 11.0 Å². The molecule has 2 heteroatoms. The molecule has 0 heterocycles. The number of fused-ring (bicyclic) bond motifs is 3. The molecule has 1 aliphatic carbocycles. The zero-order valence-electron chi connectivity index (χ0n) is 11.7. The summed E-state index contributed by atoms with van der Waals surface area (Å²) in [4.78, 5) is 0. The average Bonchev–Trinajstić information content (AvgIpc) is 2.64. The number of quaternary nitrogens is 1. The lowest BCUT2D eigenvalue weighted by Gasteiger charge is -2.28. The van der Waals surface area contributed by atoms with Gasteiger partial charge in [0.1, 0.15) is 0 Å². The molecule has 0 unspecified atom stereocenters. The predicted octanol–water partition coefficient (Wildman–Crippen LogP) is 0.509. The first-order valence-electron chi connectivity index (χ1n) is 6.55. The second kappa shape index (κ2) is 4.99. The van der Waals surface area contributed by atoms with Gasteiger partial charge < -0.3 is 16.9 Å². The number of hydrogen-bond acceptors (Lipinski definition) is 0. The third-order valence-corrected chi connectivity index (χ3v) is 3.69. The standard InChI is InChI=1S/C17H20N.ClH/c1-18(2,3)12-17-15-10-6-4-8-13(15)14-9-5-7-11-16(14)17;/h4-11,17H,12H2,1-3H3;1H/q+1;/p-1. The van der Waals surface area contributed by atoms with Crippen LogP contribution < -0.4 is 12.4 Å². The molecular formula is C17H20ClN. The molecule has 1 aliphatic rings. The highest BCUT2D eigenvalue weighted by molar-refractivity contribution is 5.78. The van der Waals surface area contributed by atoms with E-state index in [1.165, 1.54) is 22.3 Å². The van der Waals surface area contributed by atoms with E-state index in [-0.39, 0.29) is 12.4 Å². The Morgan fingerprint density at radius 2 is 1.21 bits per heavy atom. The van der Waals surface area contributed by atoms with Gasteiger partial charge in [-0.1, -0.05) is 48.5 Å². The van der Waals surface area contributed by atoms with Crippen molar-refractivity contribution in [1.29, 1.82) is 0 Å². The molecule has 2 aromatic carbocycles. The van der Waals surface area contributed by atoms with Crippen molar-refractivity contribution in [2.75, 3.05) is 27.7 Å². The van der Waals surface area contributed by atoms with Crippen LogP contribution in [-0.4, -0.2) is 32.2 Å². The van der Waals surface area contributed by atoms with Crippen molar-refractivity contribution in [3.63, 3.8) is 0 Å². The van der Waals surface area contributed by atoms with Crippen LogP contribution in [0.1, 0.15) is 17.0 Å². The van der Waals surface area contributed by atoms with Gasteiger partial charge in [-0.25, -0.2) is 0 Å². The molecule has 0 bridgehead atoms. The fraction of sp³-hybridized carbons (Fsp3) is 0.294. The van der Waals surface area contributed by atoms with Crippen molar-refractivity contribution in [2.45, 2.75) is 5.92 Å². The third kappa shape index (κ3) is 2.54. The smallest absolute Gasteiger partial charge is 0.0891 e. The van der Waals surface area contributed by atoms with E-state index in [1.807, 2.05) is 0 Å². The third-order valence-electron chi connectivity index (χ3n) is 3.69. The summed E-state index contributed by atoms with van der Waals surface area (Å²) >= 11 is 0. The van der Waals surface area contributed by atoms with Gasteiger partial charge in [0.25, 0.3) is 0 Å². The van der Waals surface area contributed by atoms with Gasteiger partial charge in [-0.2, -0.15) is 0 Å². The largest absolute Gasteiger partial charge is 1.00 e. The lowest BCUT2D eigenvalue weighted by Crippen LogP contribution is -3.00. The highest BCUT2D eigenvalue weighted by atomic mass is 35.5. The number of nitrogens with zero attached hydrogens (tertiary/aromatic N) is 1. The Balaban J connectivity index is 0.00000133. The van der Waals surface area contributed by atoms with Gasteiger partial charge in [0.15, 0.2) is 0 Å². The number of likely N-dealkylation sites (N-methyl/N-ethyl adjacent to an activating group) is 1. The van der Waals surface area contributed by atoms with E-state index in [1.54, 1.807) is 0 Å². The molecule has 2 aromatic rings. The molecule has 0 fully saturated rings. The van der Waals surface area contributed by atoms with Crippen molar-refractivity contribution < 1.29 is 16.9 Å². The number of halogens is 1. The Hall–Kier alpha value is -1.31. The molecule has 0 radical (unpaired) electrons. The van der Waals surface area contributed by atoms with Crippen molar-refractivity contribution >= 4 is 0 Å². The van der Waals surface area contributed by atoms with Crippen molar-refractivity contribution in [1.82, 2.24) is 0 Å². The maximum Gasteiger partial charge on any atom is 0.0891 e. The summed E-state index contributed by atoms with van der Waals surface area (Å²) < 4.78 is 0.993. The lowest BCUT2D eigenvalue weighted by atomic mass is 9.96. The zero-order valence-corrected chi connectivity index (χ0v) is 12.5. The van der Waals surface area contributed by atoms with Crippen LogP contribution in [0.4, 0.5) is 0 Å². The Morgan fingerprint density at radius 3 is 1.63 bits per heavy atom. The fourth-order valence-corrected chi connectivity index (χ4v) is 3.00. The molecular weight excluding hydrogens is 254 g/mol. The van der Waals surface area contributed by atoms with Gasteiger partial charge in [-0.15, -0.1) is 0 Å². The Labute approximate surface area is 121 Å². The van der Waals surface area contributed by atoms with Crippen LogP contribution in [0.5, 0.6) is 0 Å². The van der Waals surface area contributed by atoms with E-state index in [2.05, 4.69) is 69.7 Å². The molecule has 0 N–H and O–H groups in total. The highest BCUT2D eigenvalue weighted by Gasteiger charge is 2.31. The molecule has 0 saturated carbocycles. The van der Waals surface area contributed by atoms with Gasteiger partial charge >= 0.3 is 0 Å². The quantitative estimate of drug-likeness (QED) is 0.700. The first kappa shape index (κ1) is 14.1. The maximum absolute atomic E-state index is 2.29. The van der Waals surface area contributed by atoms with Crippen LogP contribution in [0.15, 0.2) is 48.5 Å². The van der Waals surface area contributed by atoms with Crippen LogP contribution in [-0.2, 0) is 0 Å². The van der Waals surface area contributed by atoms with E-state index >= 15 is 0 Å². The molecule has 100 valence electrons. The van der Waals surface area contributed by atoms with Crippen LogP contribution in [0.2, 0.25) is 0 Å². The molecule has 0 amide bonds. The second-order valence-corrected chi connectivity index (χ2v) is 6.20. The van der Waals surface area contributed by atoms with Crippen LogP contribution in [0.25, 0.3) is 11.1 Å². The normalized spacial score (nSPS) is 13.6. The monoisotopic (exact) mass is 273 g/mol. The summed E-state index contributed by atoms with van der Waals surface area (Å²) in [6.45, 7) is 1.15. The van der Waals surface area contributed by atoms with Gasteiger partial charge in [-0.05, 0) is 22.3 Å². The lowest BCUT2D eigenvalue weighted by molar-refractivity contribution is -0.871. The van der Waals surface area contributed by atoms with E-state index < -0.39 is 0 Å². The zero-order chi connectivity index (χ0) is 12.8. The van der Waals surface area contributed by atoms with E-state index in [0.29, 0.717) is 5.92 Å². The minimum absolute atomic E-state index is 0. The molecule has 0 atom stereocenters. The van der Waals surface area contributed by atoms with Crippen LogP contribution >= 0.6 is 0 Å². The Kier molecular flexibility index (Phi) is 3.71. The summed E-state index contributed by atoms with van der Waals surface area (Å²) in [5, 5.41) is 0. The van der Waals surface area contributed by atoms with Gasteiger partial charge in [-0.3, -0.25) is 0 Å². The second-order valence-electron chi connectivity index (χ2n) is 6.20. The summed E-state index contributed by atoms with van der Waals surface area (Å²) in [7, 11) is 6.80.